The fraction of sp³-hybridized carbons (Fsp3) is 0.517. The lowest BCUT2D eigenvalue weighted by atomic mass is 9.62. The first kappa shape index (κ1) is 27.5. The Hall–Kier alpha value is -2.06. The Balaban J connectivity index is 1.72. The van der Waals surface area contributed by atoms with E-state index in [1.54, 1.807) is 12.1 Å². The average molecular weight is 565 g/mol. The molecule has 2 aromatic carbocycles. The monoisotopic (exact) mass is 564 g/mol. The van der Waals surface area contributed by atoms with Crippen molar-refractivity contribution in [3.8, 4) is 0 Å². The summed E-state index contributed by atoms with van der Waals surface area (Å²) in [6.45, 7) is 6.05. The zero-order chi connectivity index (χ0) is 27.6. The second-order valence-electron chi connectivity index (χ2n) is 12.2. The van der Waals surface area contributed by atoms with Crippen molar-refractivity contribution in [3.05, 3.63) is 63.1 Å². The van der Waals surface area contributed by atoms with E-state index in [9.17, 15) is 19.1 Å². The molecule has 3 aliphatic rings. The van der Waals surface area contributed by atoms with Crippen LogP contribution in [0.5, 0.6) is 0 Å². The number of Topliss-reactive ketones (excluding diaryl/α,β-unsaturated/α-hetero) is 1. The summed E-state index contributed by atoms with van der Waals surface area (Å²) in [6, 6.07) is 5.62. The van der Waals surface area contributed by atoms with Gasteiger partial charge in [-0.2, -0.15) is 0 Å². The van der Waals surface area contributed by atoms with Crippen LogP contribution in [-0.2, 0) is 15.0 Å². The van der Waals surface area contributed by atoms with E-state index in [1.807, 2.05) is 20.8 Å². The molecule has 1 saturated heterocycles. The van der Waals surface area contributed by atoms with Crippen molar-refractivity contribution < 1.29 is 23.5 Å². The van der Waals surface area contributed by atoms with Gasteiger partial charge in [0.25, 0.3) is 0 Å². The van der Waals surface area contributed by atoms with Gasteiger partial charge in [-0.1, -0.05) is 56.1 Å². The van der Waals surface area contributed by atoms with Crippen LogP contribution in [0.4, 0.5) is 14.5 Å². The smallest absolute Gasteiger partial charge is 0.237 e. The molecule has 2 fully saturated rings. The molecule has 38 heavy (non-hydrogen) atoms. The van der Waals surface area contributed by atoms with E-state index in [2.05, 4.69) is 10.6 Å². The normalized spacial score (nSPS) is 30.6. The fourth-order valence-corrected chi connectivity index (χ4v) is 7.21. The molecule has 5 nitrogen and oxygen atoms in total. The number of fused-ring (bicyclic) bond motifs is 2. The van der Waals surface area contributed by atoms with Crippen LogP contribution in [0.2, 0.25) is 10.0 Å². The molecule has 0 radical (unpaired) electrons. The minimum absolute atomic E-state index is 0.00252. The van der Waals surface area contributed by atoms with Crippen LogP contribution in [0.1, 0.15) is 69.9 Å². The maximum Gasteiger partial charge on any atom is 0.237 e. The number of amides is 1. The van der Waals surface area contributed by atoms with E-state index in [4.69, 9.17) is 23.2 Å². The largest absolute Gasteiger partial charge is 0.393 e. The van der Waals surface area contributed by atoms with Gasteiger partial charge in [-0.3, -0.25) is 9.59 Å². The SMILES string of the molecule is CC(C)(C)C[C@H]1N[C@@H](C(=O)CC2CC[C@@H](O)C2)[C@H](c2cccc(Cl)c2F)[C@@]12C(=O)Nc1cc(Cl)c(F)cc12. The summed E-state index contributed by atoms with van der Waals surface area (Å²) in [5, 5.41) is 16.0. The van der Waals surface area contributed by atoms with E-state index in [0.717, 1.165) is 6.42 Å². The summed E-state index contributed by atoms with van der Waals surface area (Å²) in [4.78, 5) is 28.0. The molecule has 2 aliphatic heterocycles. The predicted octanol–water partition coefficient (Wildman–Crippen LogP) is 6.14. The molecule has 5 rings (SSSR count). The summed E-state index contributed by atoms with van der Waals surface area (Å²) < 4.78 is 30.7. The highest BCUT2D eigenvalue weighted by molar-refractivity contribution is 6.31. The van der Waals surface area contributed by atoms with Crippen LogP contribution in [0.15, 0.2) is 30.3 Å². The molecule has 1 spiro atoms. The number of hydrogen-bond donors (Lipinski definition) is 3. The van der Waals surface area contributed by atoms with Crippen molar-refractivity contribution in [1.29, 1.82) is 0 Å². The predicted molar refractivity (Wildman–Crippen MR) is 144 cm³/mol. The van der Waals surface area contributed by atoms with E-state index in [-0.39, 0.29) is 39.1 Å². The van der Waals surface area contributed by atoms with Crippen molar-refractivity contribution in [3.63, 3.8) is 0 Å². The van der Waals surface area contributed by atoms with E-state index in [0.29, 0.717) is 30.5 Å². The highest BCUT2D eigenvalue weighted by atomic mass is 35.5. The number of anilines is 1. The first-order valence-electron chi connectivity index (χ1n) is 13.0. The van der Waals surface area contributed by atoms with Gasteiger partial charge in [-0.25, -0.2) is 8.78 Å². The Kier molecular flexibility index (Phi) is 7.13. The molecule has 6 atom stereocenters. The molecular formula is C29H32Cl2F2N2O3. The molecule has 0 bridgehead atoms. The molecule has 3 N–H and O–H groups in total. The van der Waals surface area contributed by atoms with Gasteiger partial charge in [0.2, 0.25) is 5.91 Å². The Morgan fingerprint density at radius 3 is 2.55 bits per heavy atom. The molecule has 9 heteroatoms. The Labute approximate surface area is 231 Å². The van der Waals surface area contributed by atoms with E-state index >= 15 is 4.39 Å². The number of nitrogens with one attached hydrogen (secondary N) is 2. The van der Waals surface area contributed by atoms with Gasteiger partial charge in [-0.05, 0) is 66.3 Å². The summed E-state index contributed by atoms with van der Waals surface area (Å²) >= 11 is 12.3. The molecule has 2 aromatic rings. The number of ketones is 1. The van der Waals surface area contributed by atoms with Crippen molar-refractivity contribution in [2.24, 2.45) is 11.3 Å². The molecule has 1 aliphatic carbocycles. The topological polar surface area (TPSA) is 78.4 Å². The van der Waals surface area contributed by atoms with Crippen LogP contribution in [0.25, 0.3) is 0 Å². The lowest BCUT2D eigenvalue weighted by Gasteiger charge is -2.37. The number of aliphatic hydroxyl groups is 1. The second-order valence-corrected chi connectivity index (χ2v) is 13.0. The van der Waals surface area contributed by atoms with Crippen LogP contribution < -0.4 is 10.6 Å². The quantitative estimate of drug-likeness (QED) is 0.407. The van der Waals surface area contributed by atoms with Gasteiger partial charge in [0.1, 0.15) is 17.0 Å². The van der Waals surface area contributed by atoms with Gasteiger partial charge < -0.3 is 15.7 Å². The van der Waals surface area contributed by atoms with Crippen molar-refractivity contribution in [1.82, 2.24) is 5.32 Å². The van der Waals surface area contributed by atoms with Gasteiger partial charge in [0.15, 0.2) is 5.78 Å². The highest BCUT2D eigenvalue weighted by Gasteiger charge is 2.66. The van der Waals surface area contributed by atoms with Crippen molar-refractivity contribution in [2.45, 2.75) is 82.4 Å². The Bertz CT molecular complexity index is 1300. The third kappa shape index (κ3) is 4.55. The molecule has 204 valence electrons. The number of rotatable bonds is 5. The van der Waals surface area contributed by atoms with Gasteiger partial charge in [0.05, 0.1) is 22.2 Å². The lowest BCUT2D eigenvalue weighted by Crippen LogP contribution is -2.49. The maximum atomic E-state index is 15.8. The van der Waals surface area contributed by atoms with Crippen molar-refractivity contribution >= 4 is 40.6 Å². The third-order valence-corrected chi connectivity index (χ3v) is 8.95. The second kappa shape index (κ2) is 9.84. The minimum Gasteiger partial charge on any atom is -0.393 e. The number of carbonyl (C=O) groups is 2. The molecule has 1 saturated carbocycles. The Morgan fingerprint density at radius 1 is 1.16 bits per heavy atom. The van der Waals surface area contributed by atoms with Crippen LogP contribution in [0.3, 0.4) is 0 Å². The number of halogens is 4. The summed E-state index contributed by atoms with van der Waals surface area (Å²) in [5.41, 5.74) is -0.952. The highest BCUT2D eigenvalue weighted by Crippen LogP contribution is 2.57. The van der Waals surface area contributed by atoms with Crippen LogP contribution in [-0.4, -0.2) is 35.0 Å². The third-order valence-electron chi connectivity index (χ3n) is 8.37. The summed E-state index contributed by atoms with van der Waals surface area (Å²) in [6.07, 6.45) is 2.08. The van der Waals surface area contributed by atoms with Crippen LogP contribution in [0, 0.1) is 23.0 Å². The van der Waals surface area contributed by atoms with Crippen molar-refractivity contribution in [2.75, 3.05) is 5.32 Å². The van der Waals surface area contributed by atoms with Crippen LogP contribution >= 0.6 is 23.2 Å². The summed E-state index contributed by atoms with van der Waals surface area (Å²) in [5.74, 6) is -3.00. The number of aliphatic hydroxyl groups excluding tert-OH is 1. The maximum absolute atomic E-state index is 15.8. The van der Waals surface area contributed by atoms with Gasteiger partial charge in [0, 0.05) is 24.1 Å². The first-order valence-corrected chi connectivity index (χ1v) is 13.8. The molecule has 2 heterocycles. The standard InChI is InChI=1S/C29H32Cl2F2N2O3/c1-28(2,3)13-23-29(17-11-20(32)19(31)12-21(17)34-27(29)38)24(16-5-4-6-18(30)25(16)33)26(35-23)22(37)10-14-7-8-15(36)9-14/h4-6,11-12,14-15,23-24,26,35-36H,7-10,13H2,1-3H3,(H,34,38)/t14?,15-,23-,24+,26+,29+/m1/s1. The molecule has 0 aromatic heterocycles. The molecule has 1 amide bonds. The van der Waals surface area contributed by atoms with E-state index in [1.165, 1.54) is 18.2 Å². The minimum atomic E-state index is -1.49. The zero-order valence-electron chi connectivity index (χ0n) is 21.6. The van der Waals surface area contributed by atoms with Gasteiger partial charge in [-0.15, -0.1) is 0 Å². The first-order chi connectivity index (χ1) is 17.8. The number of hydrogen-bond acceptors (Lipinski definition) is 4. The number of carbonyl (C=O) groups excluding carboxylic acids is 2. The molecular weight excluding hydrogens is 533 g/mol. The number of benzene rings is 2. The van der Waals surface area contributed by atoms with E-state index < -0.39 is 47.1 Å². The molecule has 1 unspecified atom stereocenters. The lowest BCUT2D eigenvalue weighted by molar-refractivity contribution is -0.123. The Morgan fingerprint density at radius 2 is 1.89 bits per heavy atom. The van der Waals surface area contributed by atoms with Gasteiger partial charge >= 0.3 is 0 Å². The zero-order valence-corrected chi connectivity index (χ0v) is 23.1. The summed E-state index contributed by atoms with van der Waals surface area (Å²) in [7, 11) is 0. The fourth-order valence-electron chi connectivity index (χ4n) is 6.86. The average Bonchev–Trinajstić information content (AvgIpc) is 3.46.